The van der Waals surface area contributed by atoms with Crippen molar-refractivity contribution in [3.05, 3.63) is 41.2 Å². The number of carbonyl (C=O) groups is 1. The first-order chi connectivity index (χ1) is 12.2. The lowest BCUT2D eigenvalue weighted by Crippen LogP contribution is -2.38. The van der Waals surface area contributed by atoms with Gasteiger partial charge in [-0.25, -0.2) is 4.79 Å². The van der Waals surface area contributed by atoms with E-state index in [9.17, 15) is 4.79 Å². The Morgan fingerprint density at radius 3 is 2.84 bits per heavy atom. The van der Waals surface area contributed by atoms with Crippen molar-refractivity contribution in [3.8, 4) is 11.5 Å². The molecule has 1 fully saturated rings. The van der Waals surface area contributed by atoms with Gasteiger partial charge in [0, 0.05) is 17.8 Å². The molecule has 0 bridgehead atoms. The zero-order chi connectivity index (χ0) is 17.2. The molecular formula is C18H22N4O3. The number of aryl methyl sites for hydroxylation is 1. The molecule has 2 heterocycles. The normalized spacial score (nSPS) is 17.0. The van der Waals surface area contributed by atoms with E-state index in [1.165, 1.54) is 0 Å². The molecule has 1 saturated carbocycles. The number of fused-ring (bicyclic) bond motifs is 1. The monoisotopic (exact) mass is 342 g/mol. The number of carbonyl (C=O) groups excluding carboxylic acids is 1. The van der Waals surface area contributed by atoms with Gasteiger partial charge in [-0.2, -0.15) is 5.10 Å². The molecule has 7 nitrogen and oxygen atoms in total. The van der Waals surface area contributed by atoms with Gasteiger partial charge in [-0.05, 0) is 43.4 Å². The minimum absolute atomic E-state index is 0.0127. The lowest BCUT2D eigenvalue weighted by atomic mass is 10.0. The number of hydrogen-bond donors (Lipinski definition) is 3. The summed E-state index contributed by atoms with van der Waals surface area (Å²) < 4.78 is 11.2. The molecule has 132 valence electrons. The first kappa shape index (κ1) is 15.8. The van der Waals surface area contributed by atoms with Gasteiger partial charge in [0.05, 0.1) is 12.2 Å². The fourth-order valence-electron chi connectivity index (χ4n) is 3.08. The van der Waals surface area contributed by atoms with Crippen LogP contribution in [0, 0.1) is 12.8 Å². The maximum atomic E-state index is 12.3. The zero-order valence-corrected chi connectivity index (χ0v) is 14.2. The zero-order valence-electron chi connectivity index (χ0n) is 14.2. The van der Waals surface area contributed by atoms with Crippen molar-refractivity contribution in [3.63, 3.8) is 0 Å². The van der Waals surface area contributed by atoms with Crippen LogP contribution in [0.2, 0.25) is 0 Å². The van der Waals surface area contributed by atoms with E-state index in [0.29, 0.717) is 25.7 Å². The minimum atomic E-state index is -0.174. The van der Waals surface area contributed by atoms with Gasteiger partial charge in [-0.3, -0.25) is 5.10 Å². The third-order valence-electron chi connectivity index (χ3n) is 4.68. The van der Waals surface area contributed by atoms with Gasteiger partial charge in [0.15, 0.2) is 11.5 Å². The van der Waals surface area contributed by atoms with Gasteiger partial charge in [0.25, 0.3) is 0 Å². The Hall–Kier alpha value is -2.70. The molecular weight excluding hydrogens is 320 g/mol. The molecule has 1 aliphatic carbocycles. The highest BCUT2D eigenvalue weighted by Crippen LogP contribution is 2.43. The molecule has 0 radical (unpaired) electrons. The number of nitrogens with one attached hydrogen (secondary N) is 3. The van der Waals surface area contributed by atoms with Crippen LogP contribution in [0.15, 0.2) is 24.4 Å². The van der Waals surface area contributed by atoms with Crippen molar-refractivity contribution >= 4 is 6.03 Å². The quantitative estimate of drug-likeness (QED) is 0.779. The summed E-state index contributed by atoms with van der Waals surface area (Å²) in [6.07, 6.45) is 3.98. The van der Waals surface area contributed by atoms with Crippen molar-refractivity contribution in [2.24, 2.45) is 5.92 Å². The van der Waals surface area contributed by atoms with Gasteiger partial charge < -0.3 is 20.1 Å². The first-order valence-electron chi connectivity index (χ1n) is 8.63. The maximum Gasteiger partial charge on any atom is 0.315 e. The Bertz CT molecular complexity index is 769. The number of nitrogens with zero attached hydrogens (tertiary/aromatic N) is 1. The first-order valence-corrected chi connectivity index (χ1v) is 8.63. The van der Waals surface area contributed by atoms with Crippen molar-refractivity contribution in [1.82, 2.24) is 20.8 Å². The fraction of sp³-hybridized carbons (Fsp3) is 0.444. The van der Waals surface area contributed by atoms with Gasteiger partial charge >= 0.3 is 6.03 Å². The summed E-state index contributed by atoms with van der Waals surface area (Å²) in [5.41, 5.74) is 3.00. The average molecular weight is 342 g/mol. The van der Waals surface area contributed by atoms with E-state index in [4.69, 9.17) is 9.47 Å². The topological polar surface area (TPSA) is 88.3 Å². The van der Waals surface area contributed by atoms with Crippen LogP contribution in [0.3, 0.4) is 0 Å². The van der Waals surface area contributed by atoms with Gasteiger partial charge in [-0.15, -0.1) is 0 Å². The summed E-state index contributed by atoms with van der Waals surface area (Å²) >= 11 is 0. The molecule has 3 N–H and O–H groups in total. The second-order valence-electron chi connectivity index (χ2n) is 6.57. The van der Waals surface area contributed by atoms with E-state index < -0.39 is 0 Å². The van der Waals surface area contributed by atoms with Crippen LogP contribution in [0.1, 0.15) is 35.7 Å². The molecule has 2 aliphatic rings. The molecule has 2 aromatic rings. The molecule has 0 saturated heterocycles. The largest absolute Gasteiger partial charge is 0.486 e. The van der Waals surface area contributed by atoms with Crippen LogP contribution < -0.4 is 20.1 Å². The smallest absolute Gasteiger partial charge is 0.315 e. The molecule has 0 spiro atoms. The van der Waals surface area contributed by atoms with Crippen molar-refractivity contribution in [1.29, 1.82) is 0 Å². The van der Waals surface area contributed by atoms with Crippen LogP contribution in [0.4, 0.5) is 4.79 Å². The number of amides is 2. The summed E-state index contributed by atoms with van der Waals surface area (Å²) in [5.74, 6) is 2.00. The number of hydrogen-bond acceptors (Lipinski definition) is 4. The number of benzene rings is 1. The third kappa shape index (κ3) is 3.55. The van der Waals surface area contributed by atoms with Crippen molar-refractivity contribution in [2.45, 2.75) is 32.4 Å². The molecule has 1 aromatic carbocycles. The minimum Gasteiger partial charge on any atom is -0.486 e. The maximum absolute atomic E-state index is 12.3. The Kier molecular flexibility index (Phi) is 4.21. The standard InChI is InChI=1S/C18H22N4O3/c1-11-14(10-20-22-11)9-19-18(23)21-17(12-2-3-12)13-4-5-15-16(8-13)25-7-6-24-15/h4-5,8,10,12,17H,2-3,6-7,9H2,1H3,(H,20,22)(H2,19,21,23). The molecule has 4 rings (SSSR count). The van der Waals surface area contributed by atoms with Crippen molar-refractivity contribution in [2.75, 3.05) is 13.2 Å². The summed E-state index contributed by atoms with van der Waals surface area (Å²) in [4.78, 5) is 12.3. The summed E-state index contributed by atoms with van der Waals surface area (Å²) in [6, 6.07) is 5.73. The van der Waals surface area contributed by atoms with Crippen LogP contribution in [-0.2, 0) is 6.54 Å². The lowest BCUT2D eigenvalue weighted by Gasteiger charge is -2.23. The number of H-pyrrole nitrogens is 1. The number of ether oxygens (including phenoxy) is 2. The predicted molar refractivity (Wildman–Crippen MR) is 91.6 cm³/mol. The fourth-order valence-corrected chi connectivity index (χ4v) is 3.08. The Labute approximate surface area is 146 Å². The van der Waals surface area contributed by atoms with E-state index >= 15 is 0 Å². The van der Waals surface area contributed by atoms with Gasteiger partial charge in [0.1, 0.15) is 13.2 Å². The van der Waals surface area contributed by atoms with Crippen LogP contribution in [0.5, 0.6) is 11.5 Å². The van der Waals surface area contributed by atoms with Crippen LogP contribution in [-0.4, -0.2) is 29.4 Å². The van der Waals surface area contributed by atoms with Gasteiger partial charge in [-0.1, -0.05) is 6.07 Å². The number of urea groups is 1. The Balaban J connectivity index is 1.43. The number of aromatic amines is 1. The molecule has 1 unspecified atom stereocenters. The number of rotatable bonds is 5. The second-order valence-corrected chi connectivity index (χ2v) is 6.57. The molecule has 1 atom stereocenters. The molecule has 1 aromatic heterocycles. The lowest BCUT2D eigenvalue weighted by molar-refractivity contribution is 0.171. The molecule has 25 heavy (non-hydrogen) atoms. The average Bonchev–Trinajstić information content (AvgIpc) is 3.39. The Morgan fingerprint density at radius 2 is 2.12 bits per heavy atom. The molecule has 7 heteroatoms. The van der Waals surface area contributed by atoms with Crippen LogP contribution >= 0.6 is 0 Å². The Morgan fingerprint density at radius 1 is 1.32 bits per heavy atom. The highest BCUT2D eigenvalue weighted by Gasteiger charge is 2.34. The second kappa shape index (κ2) is 6.66. The van der Waals surface area contributed by atoms with Gasteiger partial charge in [0.2, 0.25) is 0 Å². The van der Waals surface area contributed by atoms with E-state index in [2.05, 4.69) is 20.8 Å². The van der Waals surface area contributed by atoms with E-state index in [0.717, 1.165) is 41.2 Å². The molecule has 2 amide bonds. The molecule has 1 aliphatic heterocycles. The SMILES string of the molecule is Cc1[nH]ncc1CNC(=O)NC(c1ccc2c(c1)OCCO2)C1CC1. The van der Waals surface area contributed by atoms with E-state index in [-0.39, 0.29) is 12.1 Å². The van der Waals surface area contributed by atoms with E-state index in [1.807, 2.05) is 25.1 Å². The van der Waals surface area contributed by atoms with Crippen molar-refractivity contribution < 1.29 is 14.3 Å². The van der Waals surface area contributed by atoms with Crippen LogP contribution in [0.25, 0.3) is 0 Å². The summed E-state index contributed by atoms with van der Waals surface area (Å²) in [7, 11) is 0. The summed E-state index contributed by atoms with van der Waals surface area (Å²) in [6.45, 7) is 3.52. The third-order valence-corrected chi connectivity index (χ3v) is 4.68. The van der Waals surface area contributed by atoms with E-state index in [1.54, 1.807) is 6.20 Å². The summed E-state index contributed by atoms with van der Waals surface area (Å²) in [5, 5.41) is 12.8. The number of aromatic nitrogens is 2. The predicted octanol–water partition coefficient (Wildman–Crippen LogP) is 2.44. The highest BCUT2D eigenvalue weighted by atomic mass is 16.6. The highest BCUT2D eigenvalue weighted by molar-refractivity contribution is 5.74.